The number of halogens is 1. The van der Waals surface area contributed by atoms with Crippen molar-refractivity contribution in [1.82, 2.24) is 50.0 Å². The quantitative estimate of drug-likeness (QED) is 0.0692. The number of aromatic amines is 1. The third kappa shape index (κ3) is 10.7. The fourth-order valence-electron chi connectivity index (χ4n) is 10.9. The molecule has 3 aromatic carbocycles. The number of thiophene rings is 1. The Labute approximate surface area is 446 Å². The Morgan fingerprint density at radius 1 is 0.920 bits per heavy atom. The van der Waals surface area contributed by atoms with Crippen LogP contribution < -0.4 is 15.0 Å². The van der Waals surface area contributed by atoms with E-state index in [4.69, 9.17) is 16.3 Å². The highest BCUT2D eigenvalue weighted by atomic mass is 35.5. The van der Waals surface area contributed by atoms with Crippen molar-refractivity contribution in [3.63, 3.8) is 0 Å². The molecule has 11 rings (SSSR count). The number of carbonyl (C=O) groups excluding carboxylic acids is 4. The average Bonchev–Trinajstić information content (AvgIpc) is 3.62. The van der Waals surface area contributed by atoms with Crippen LogP contribution in [0.2, 0.25) is 5.02 Å². The molecule has 7 heterocycles. The topological polar surface area (TPSA) is 192 Å². The largest absolute Gasteiger partial charge is 0.489 e. The molecule has 17 nitrogen and oxygen atoms in total. The lowest BCUT2D eigenvalue weighted by molar-refractivity contribution is -0.142. The maximum Gasteiger partial charge on any atom is 0.291 e. The summed E-state index contributed by atoms with van der Waals surface area (Å²) >= 11 is 8.36. The van der Waals surface area contributed by atoms with Gasteiger partial charge in [0.05, 0.1) is 51.3 Å². The van der Waals surface area contributed by atoms with Gasteiger partial charge in [0.2, 0.25) is 17.6 Å². The number of unbranched alkanes of at least 4 members (excludes halogenated alkanes) is 1. The summed E-state index contributed by atoms with van der Waals surface area (Å²) in [6, 6.07) is 22.6. The lowest BCUT2D eigenvalue weighted by Crippen LogP contribution is -2.55. The number of anilines is 1. The summed E-state index contributed by atoms with van der Waals surface area (Å²) in [7, 11) is 0.479. The van der Waals surface area contributed by atoms with Gasteiger partial charge in [-0.15, -0.1) is 16.4 Å². The van der Waals surface area contributed by atoms with Crippen LogP contribution in [0.3, 0.4) is 0 Å². The zero-order chi connectivity index (χ0) is 52.1. The molecule has 0 spiro atoms. The molecule has 3 fully saturated rings. The number of aromatic nitrogens is 6. The maximum atomic E-state index is 13.3. The van der Waals surface area contributed by atoms with Gasteiger partial charge >= 0.3 is 0 Å². The van der Waals surface area contributed by atoms with E-state index in [0.29, 0.717) is 40.9 Å². The van der Waals surface area contributed by atoms with E-state index in [1.54, 1.807) is 30.5 Å². The molecular formula is C55H58ClN11O6S2. The Kier molecular flexibility index (Phi) is 14.3. The first-order valence-electron chi connectivity index (χ1n) is 25.4. The highest BCUT2D eigenvalue weighted by Gasteiger charge is 2.58. The number of carbonyl (C=O) groups is 4. The summed E-state index contributed by atoms with van der Waals surface area (Å²) < 4.78 is 22.1. The van der Waals surface area contributed by atoms with Gasteiger partial charge in [0, 0.05) is 102 Å². The van der Waals surface area contributed by atoms with Gasteiger partial charge in [0.1, 0.15) is 24.2 Å². The summed E-state index contributed by atoms with van der Waals surface area (Å²) in [6.45, 7) is 11.1. The number of pyridine rings is 1. The third-order valence-corrected chi connectivity index (χ3v) is 17.7. The molecule has 20 heteroatoms. The number of piperazine rings is 1. The van der Waals surface area contributed by atoms with Gasteiger partial charge < -0.3 is 15.0 Å². The summed E-state index contributed by atoms with van der Waals surface area (Å²) in [6.07, 6.45) is 8.63. The number of ether oxygens (including phenoxy) is 1. The number of hydrogen-bond donors (Lipinski definition) is 2. The Bertz CT molecular complexity index is 3330. The molecule has 1 saturated carbocycles. The number of aryl methyl sites for hydroxylation is 2. The number of fused-ring (bicyclic) bond motifs is 3. The van der Waals surface area contributed by atoms with E-state index in [0.717, 1.165) is 87.8 Å². The van der Waals surface area contributed by atoms with Crippen molar-refractivity contribution >= 4 is 73.3 Å². The summed E-state index contributed by atoms with van der Waals surface area (Å²) in [4.78, 5) is 70.4. The molecule has 2 saturated heterocycles. The molecule has 4 amide bonds. The number of para-hydroxylation sites is 2. The normalized spacial score (nSPS) is 21.3. The third-order valence-electron chi connectivity index (χ3n) is 14.9. The number of hydrogen-bond acceptors (Lipinski definition) is 13. The van der Waals surface area contributed by atoms with Gasteiger partial charge in [-0.3, -0.25) is 52.9 Å². The molecule has 1 aliphatic carbocycles. The van der Waals surface area contributed by atoms with Crippen LogP contribution >= 0.6 is 22.9 Å². The number of piperidine rings is 1. The molecule has 4 aromatic heterocycles. The average molecular weight is 1070 g/mol. The van der Waals surface area contributed by atoms with Gasteiger partial charge in [0.25, 0.3) is 11.8 Å². The van der Waals surface area contributed by atoms with Gasteiger partial charge in [-0.25, -0.2) is 4.98 Å². The van der Waals surface area contributed by atoms with E-state index in [9.17, 15) is 23.4 Å². The van der Waals surface area contributed by atoms with Crippen LogP contribution in [-0.4, -0.2) is 123 Å². The lowest BCUT2D eigenvalue weighted by atomic mass is 9.94. The van der Waals surface area contributed by atoms with Crippen LogP contribution in [0.15, 0.2) is 96.3 Å². The fourth-order valence-corrected chi connectivity index (χ4v) is 13.4. The van der Waals surface area contributed by atoms with Crippen molar-refractivity contribution in [2.24, 2.45) is 11.8 Å². The van der Waals surface area contributed by atoms with Crippen LogP contribution in [0.4, 0.5) is 5.69 Å². The molecule has 0 radical (unpaired) electrons. The molecule has 2 N–H and O–H groups in total. The predicted molar refractivity (Wildman–Crippen MR) is 287 cm³/mol. The summed E-state index contributed by atoms with van der Waals surface area (Å²) in [5.74, 6) is 0.286. The van der Waals surface area contributed by atoms with Gasteiger partial charge in [-0.05, 0) is 111 Å². The maximum absolute atomic E-state index is 13.3. The van der Waals surface area contributed by atoms with Gasteiger partial charge in [-0.1, -0.05) is 35.9 Å². The number of nitrogens with zero attached hydrogens (tertiary/aromatic N) is 9. The highest BCUT2D eigenvalue weighted by molar-refractivity contribution is 7.85. The number of likely N-dealkylation sites (N-methyl/N-ethyl adjacent to an activating group) is 1. The Balaban J connectivity index is 0.634. The Hall–Kier alpha value is -6.64. The van der Waals surface area contributed by atoms with E-state index in [-0.39, 0.29) is 60.6 Å². The van der Waals surface area contributed by atoms with Crippen molar-refractivity contribution in [2.75, 3.05) is 37.4 Å². The number of H-pyrrole nitrogens is 1. The van der Waals surface area contributed by atoms with Gasteiger partial charge in [0.15, 0.2) is 0 Å². The minimum Gasteiger partial charge on any atom is -0.489 e. The van der Waals surface area contributed by atoms with Crippen molar-refractivity contribution in [2.45, 2.75) is 95.7 Å². The number of amides is 4. The van der Waals surface area contributed by atoms with E-state index in [1.807, 2.05) is 65.6 Å². The Morgan fingerprint density at radius 3 is 2.48 bits per heavy atom. The van der Waals surface area contributed by atoms with Crippen molar-refractivity contribution in [3.05, 3.63) is 135 Å². The summed E-state index contributed by atoms with van der Waals surface area (Å²) in [5.41, 5.74) is 8.05. The predicted octanol–water partition coefficient (Wildman–Crippen LogP) is 7.17. The van der Waals surface area contributed by atoms with E-state index < -0.39 is 22.7 Å². The molecule has 75 heavy (non-hydrogen) atoms. The molecule has 3 aliphatic heterocycles. The van der Waals surface area contributed by atoms with Crippen LogP contribution in [0.25, 0.3) is 21.3 Å². The number of nitrogens with one attached hydrogen (secondary N) is 2. The number of likely N-dealkylation sites (tertiary alicyclic amines) is 1. The lowest BCUT2D eigenvalue weighted by Gasteiger charge is -2.45. The molecule has 7 aromatic rings. The first-order valence-corrected chi connectivity index (χ1v) is 28.0. The van der Waals surface area contributed by atoms with E-state index >= 15 is 0 Å². The molecule has 0 bridgehead atoms. The molecule has 3 unspecified atom stereocenters. The molecule has 4 aliphatic rings. The zero-order valence-corrected chi connectivity index (χ0v) is 44.6. The number of benzene rings is 3. The van der Waals surface area contributed by atoms with Crippen LogP contribution in [-0.2, 0) is 57.8 Å². The second kappa shape index (κ2) is 21.2. The minimum atomic E-state index is -1.16. The zero-order valence-electron chi connectivity index (χ0n) is 42.2. The smallest absolute Gasteiger partial charge is 0.291 e. The molecular weight excluding hydrogens is 1010 g/mol. The van der Waals surface area contributed by atoms with Crippen molar-refractivity contribution < 1.29 is 28.1 Å². The fraction of sp³-hybridized carbons (Fsp3) is 0.382. The first kappa shape index (κ1) is 50.5. The number of imide groups is 1. The van der Waals surface area contributed by atoms with Crippen LogP contribution in [0.5, 0.6) is 5.75 Å². The highest BCUT2D eigenvalue weighted by Crippen LogP contribution is 2.48. The standard InChI is InChI=1S/C55H58ClN11O6S2/c1-32-19-37(56)21-41(40-15-16-57-45-22-38(74-50(40)45)29-67-53(69)42-23-43(42)54(67)70)44(32)30-66-33(2)25-64(26-34(66)3)27-36-24-58-65(28-36)17-7-8-18-75(72)39-13-11-35(12-14-39)20-49-60-51(62-61-49)52(68)59-46-31-73-48-10-6-5-9-47(48)63(4)55(46)71/h5-6,9-16,19,21-22,24,28,33-34,42-43,46H,7-8,17-18,20,23,25-27,29-31H2,1-4H3,(H,59,68)(H,60,61,62)/t33-,34-,42?,43?,46-,75?/m0/s1. The second-order valence-electron chi connectivity index (χ2n) is 20.3. The Morgan fingerprint density at radius 2 is 1.69 bits per heavy atom. The van der Waals surface area contributed by atoms with E-state index in [2.05, 4.69) is 79.5 Å². The van der Waals surface area contributed by atoms with Crippen LogP contribution in [0, 0.1) is 18.8 Å². The molecule has 6 atom stereocenters. The monoisotopic (exact) mass is 1070 g/mol. The summed E-state index contributed by atoms with van der Waals surface area (Å²) in [5, 5.41) is 15.0. The van der Waals surface area contributed by atoms with Crippen molar-refractivity contribution in [1.29, 1.82) is 0 Å². The number of rotatable bonds is 17. The second-order valence-corrected chi connectivity index (χ2v) is 23.5. The van der Waals surface area contributed by atoms with Crippen LogP contribution in [0.1, 0.15) is 76.7 Å². The molecule has 388 valence electrons. The van der Waals surface area contributed by atoms with Crippen molar-refractivity contribution in [3.8, 4) is 16.9 Å². The minimum absolute atomic E-state index is 0.0191. The first-order chi connectivity index (χ1) is 36.2. The van der Waals surface area contributed by atoms with E-state index in [1.165, 1.54) is 20.9 Å². The van der Waals surface area contributed by atoms with Gasteiger partial charge in [-0.2, -0.15) is 5.10 Å². The SMILES string of the molecule is Cc1cc(Cl)cc(-c2ccnc3cc(CN4C(=O)C5CC5C4=O)sc23)c1CN1[C@@H](C)CN(Cc2cnn(CCCCS(=O)c3ccc(Cc4nc(C(=O)N[C@H]5COc6ccccc6N(C)C5=O)n[nH]4)cc3)c2)C[C@@H]1C.